The van der Waals surface area contributed by atoms with E-state index in [-0.39, 0.29) is 11.7 Å². The Morgan fingerprint density at radius 1 is 0.750 bits per heavy atom. The molecule has 0 aromatic heterocycles. The molecule has 0 amide bonds. The van der Waals surface area contributed by atoms with E-state index in [4.69, 9.17) is 9.47 Å². The van der Waals surface area contributed by atoms with Gasteiger partial charge in [-0.25, -0.2) is 0 Å². The monoisotopic (exact) mass is 368 g/mol. The minimum atomic E-state index is 0.0255. The van der Waals surface area contributed by atoms with Crippen LogP contribution in [0.2, 0.25) is 0 Å². The fraction of sp³-hybridized carbons (Fsp3) is 0.120. The maximum atomic E-state index is 9.79. The van der Waals surface area contributed by atoms with Crippen LogP contribution < -0.4 is 9.47 Å². The van der Waals surface area contributed by atoms with Crippen LogP contribution in [0.15, 0.2) is 72.8 Å². The molecular formula is C25H20O3. The standard InChI is InChI=1S/C25H20O3/c1-27-18-13-21-20-12-9-15-5-3-4-6-19(15)24(20)23(25(21)22(14-18)28-2)16-7-10-17(26)11-8-16/h3-14,23,26H,1-2H3. The highest BCUT2D eigenvalue weighted by Crippen LogP contribution is 2.55. The van der Waals surface area contributed by atoms with Crippen molar-refractivity contribution in [2.75, 3.05) is 14.2 Å². The number of aromatic hydroxyl groups is 1. The minimum absolute atomic E-state index is 0.0255. The lowest BCUT2D eigenvalue weighted by Gasteiger charge is -2.19. The molecule has 3 nitrogen and oxygen atoms in total. The predicted octanol–water partition coefficient (Wildman–Crippen LogP) is 5.72. The second-order valence-electron chi connectivity index (χ2n) is 7.06. The molecular weight excluding hydrogens is 348 g/mol. The number of phenols is 1. The van der Waals surface area contributed by atoms with E-state index >= 15 is 0 Å². The Balaban J connectivity index is 1.89. The molecule has 28 heavy (non-hydrogen) atoms. The van der Waals surface area contributed by atoms with E-state index < -0.39 is 0 Å². The van der Waals surface area contributed by atoms with Crippen molar-refractivity contribution in [3.8, 4) is 28.4 Å². The first-order valence-corrected chi connectivity index (χ1v) is 9.28. The van der Waals surface area contributed by atoms with Crippen LogP contribution in [0.1, 0.15) is 22.6 Å². The summed E-state index contributed by atoms with van der Waals surface area (Å²) in [6.07, 6.45) is 0. The van der Waals surface area contributed by atoms with E-state index in [1.165, 1.54) is 21.9 Å². The molecule has 0 fully saturated rings. The van der Waals surface area contributed by atoms with Crippen molar-refractivity contribution < 1.29 is 14.6 Å². The van der Waals surface area contributed by atoms with Crippen LogP contribution in [0.3, 0.4) is 0 Å². The number of hydrogen-bond acceptors (Lipinski definition) is 3. The average molecular weight is 368 g/mol. The van der Waals surface area contributed by atoms with Gasteiger partial charge in [0.25, 0.3) is 0 Å². The number of rotatable bonds is 3. The quantitative estimate of drug-likeness (QED) is 0.442. The third-order valence-electron chi connectivity index (χ3n) is 5.64. The summed E-state index contributed by atoms with van der Waals surface area (Å²) < 4.78 is 11.3. The Hall–Kier alpha value is -3.46. The number of fused-ring (bicyclic) bond motifs is 5. The summed E-state index contributed by atoms with van der Waals surface area (Å²) in [6.45, 7) is 0. The Morgan fingerprint density at radius 2 is 1.54 bits per heavy atom. The topological polar surface area (TPSA) is 38.7 Å². The van der Waals surface area contributed by atoms with Crippen LogP contribution in [-0.2, 0) is 0 Å². The van der Waals surface area contributed by atoms with Crippen molar-refractivity contribution in [1.82, 2.24) is 0 Å². The molecule has 0 saturated heterocycles. The second-order valence-corrected chi connectivity index (χ2v) is 7.06. The zero-order chi connectivity index (χ0) is 19.3. The molecule has 4 aromatic carbocycles. The summed E-state index contributed by atoms with van der Waals surface area (Å²) >= 11 is 0. The van der Waals surface area contributed by atoms with E-state index in [2.05, 4.69) is 42.5 Å². The number of ether oxygens (including phenoxy) is 2. The lowest BCUT2D eigenvalue weighted by Crippen LogP contribution is -2.02. The lowest BCUT2D eigenvalue weighted by atomic mass is 9.86. The molecule has 1 N–H and O–H groups in total. The predicted molar refractivity (Wildman–Crippen MR) is 112 cm³/mol. The fourth-order valence-electron chi connectivity index (χ4n) is 4.39. The molecule has 5 rings (SSSR count). The number of phenolic OH excluding ortho intramolecular Hbond substituents is 1. The van der Waals surface area contributed by atoms with Gasteiger partial charge in [-0.3, -0.25) is 0 Å². The Bertz CT molecular complexity index is 1190. The Labute approximate surface area is 163 Å². The van der Waals surface area contributed by atoms with E-state index in [0.717, 1.165) is 28.2 Å². The van der Waals surface area contributed by atoms with Crippen LogP contribution in [0.4, 0.5) is 0 Å². The van der Waals surface area contributed by atoms with E-state index in [1.54, 1.807) is 26.4 Å². The highest BCUT2D eigenvalue weighted by atomic mass is 16.5. The molecule has 0 bridgehead atoms. The fourth-order valence-corrected chi connectivity index (χ4v) is 4.39. The summed E-state index contributed by atoms with van der Waals surface area (Å²) in [5.74, 6) is 1.88. The number of hydrogen-bond donors (Lipinski definition) is 1. The molecule has 138 valence electrons. The van der Waals surface area contributed by atoms with E-state index in [1.807, 2.05) is 18.2 Å². The van der Waals surface area contributed by atoms with Crippen molar-refractivity contribution in [3.05, 3.63) is 89.5 Å². The molecule has 1 atom stereocenters. The molecule has 1 aliphatic rings. The molecule has 0 heterocycles. The third kappa shape index (κ3) is 2.36. The van der Waals surface area contributed by atoms with E-state index in [0.29, 0.717) is 0 Å². The van der Waals surface area contributed by atoms with Gasteiger partial charge in [0.05, 0.1) is 14.2 Å². The van der Waals surface area contributed by atoms with Gasteiger partial charge in [-0.1, -0.05) is 48.5 Å². The first-order valence-electron chi connectivity index (χ1n) is 9.28. The van der Waals surface area contributed by atoms with Crippen LogP contribution in [0.25, 0.3) is 21.9 Å². The maximum absolute atomic E-state index is 9.79. The van der Waals surface area contributed by atoms with Crippen molar-refractivity contribution in [2.45, 2.75) is 5.92 Å². The van der Waals surface area contributed by atoms with Gasteiger partial charge in [0.15, 0.2) is 0 Å². The molecule has 0 saturated carbocycles. The summed E-state index contributed by atoms with van der Waals surface area (Å²) in [4.78, 5) is 0. The normalized spacial score (nSPS) is 14.6. The van der Waals surface area contributed by atoms with Gasteiger partial charge in [-0.2, -0.15) is 0 Å². The molecule has 1 aliphatic carbocycles. The van der Waals surface area contributed by atoms with Crippen molar-refractivity contribution >= 4 is 10.8 Å². The summed E-state index contributed by atoms with van der Waals surface area (Å²) in [5, 5.41) is 12.2. The lowest BCUT2D eigenvalue weighted by molar-refractivity contribution is 0.391. The highest BCUT2D eigenvalue weighted by Gasteiger charge is 2.35. The van der Waals surface area contributed by atoms with Gasteiger partial charge >= 0.3 is 0 Å². The van der Waals surface area contributed by atoms with Gasteiger partial charge in [-0.05, 0) is 51.2 Å². The molecule has 0 spiro atoms. The maximum Gasteiger partial charge on any atom is 0.127 e. The third-order valence-corrected chi connectivity index (χ3v) is 5.64. The zero-order valence-corrected chi connectivity index (χ0v) is 15.8. The van der Waals surface area contributed by atoms with Gasteiger partial charge in [0, 0.05) is 17.5 Å². The Morgan fingerprint density at radius 3 is 2.29 bits per heavy atom. The Kier molecular flexibility index (Phi) is 3.76. The molecule has 3 heteroatoms. The van der Waals surface area contributed by atoms with Gasteiger partial charge in [0.1, 0.15) is 17.2 Å². The van der Waals surface area contributed by atoms with Crippen molar-refractivity contribution in [1.29, 1.82) is 0 Å². The molecule has 0 radical (unpaired) electrons. The number of methoxy groups -OCH3 is 2. The smallest absolute Gasteiger partial charge is 0.127 e. The molecule has 0 aliphatic heterocycles. The zero-order valence-electron chi connectivity index (χ0n) is 15.8. The van der Waals surface area contributed by atoms with Crippen molar-refractivity contribution in [3.63, 3.8) is 0 Å². The first kappa shape index (κ1) is 16.7. The molecule has 4 aromatic rings. The molecule has 1 unspecified atom stereocenters. The van der Waals surface area contributed by atoms with Crippen LogP contribution in [0.5, 0.6) is 17.2 Å². The van der Waals surface area contributed by atoms with Crippen LogP contribution in [-0.4, -0.2) is 19.3 Å². The minimum Gasteiger partial charge on any atom is -0.508 e. The van der Waals surface area contributed by atoms with Crippen molar-refractivity contribution in [2.24, 2.45) is 0 Å². The summed E-state index contributed by atoms with van der Waals surface area (Å²) in [5.41, 5.74) is 5.86. The average Bonchev–Trinajstić information content (AvgIpc) is 3.08. The van der Waals surface area contributed by atoms with Crippen LogP contribution in [0, 0.1) is 0 Å². The van der Waals surface area contributed by atoms with Gasteiger partial charge in [-0.15, -0.1) is 0 Å². The van der Waals surface area contributed by atoms with Gasteiger partial charge < -0.3 is 14.6 Å². The summed E-state index contributed by atoms with van der Waals surface area (Å²) in [7, 11) is 3.37. The first-order chi connectivity index (χ1) is 13.7. The second kappa shape index (κ2) is 6.31. The van der Waals surface area contributed by atoms with Crippen LogP contribution >= 0.6 is 0 Å². The highest BCUT2D eigenvalue weighted by molar-refractivity contribution is 5.98. The SMILES string of the molecule is COc1cc(OC)c2c(c1)-c1ccc3ccccc3c1C2c1ccc(O)cc1. The van der Waals surface area contributed by atoms with E-state index in [9.17, 15) is 5.11 Å². The van der Waals surface area contributed by atoms with Gasteiger partial charge in [0.2, 0.25) is 0 Å². The number of benzene rings is 4. The summed E-state index contributed by atoms with van der Waals surface area (Å²) in [6, 6.07) is 24.3. The largest absolute Gasteiger partial charge is 0.508 e.